The van der Waals surface area contributed by atoms with Gasteiger partial charge in [0.1, 0.15) is 17.5 Å². The molecule has 0 radical (unpaired) electrons. The van der Waals surface area contributed by atoms with E-state index in [0.29, 0.717) is 0 Å². The van der Waals surface area contributed by atoms with Crippen LogP contribution in [-0.2, 0) is 6.54 Å². The van der Waals surface area contributed by atoms with E-state index in [2.05, 4.69) is 45.9 Å². The first-order valence-corrected chi connectivity index (χ1v) is 7.43. The highest BCUT2D eigenvalue weighted by molar-refractivity contribution is 7.10. The van der Waals surface area contributed by atoms with E-state index in [1.54, 1.807) is 11.3 Å². The van der Waals surface area contributed by atoms with Gasteiger partial charge < -0.3 is 10.6 Å². The van der Waals surface area contributed by atoms with Crippen LogP contribution in [0, 0.1) is 13.8 Å². The lowest BCUT2D eigenvalue weighted by Gasteiger charge is -2.09. The summed E-state index contributed by atoms with van der Waals surface area (Å²) in [6, 6.07) is 4.10. The third-order valence-corrected chi connectivity index (χ3v) is 3.82. The van der Waals surface area contributed by atoms with E-state index < -0.39 is 0 Å². The maximum absolute atomic E-state index is 4.41. The average Bonchev–Trinajstić information content (AvgIpc) is 2.79. The Hall–Kier alpha value is -1.62. The molecule has 2 heterocycles. The van der Waals surface area contributed by atoms with Gasteiger partial charge in [0.05, 0.1) is 6.54 Å². The monoisotopic (exact) mass is 276 g/mol. The van der Waals surface area contributed by atoms with E-state index >= 15 is 0 Å². The van der Waals surface area contributed by atoms with Crippen LogP contribution in [0.15, 0.2) is 17.5 Å². The molecular formula is C14H20N4S. The van der Waals surface area contributed by atoms with Gasteiger partial charge in [-0.3, -0.25) is 0 Å². The van der Waals surface area contributed by atoms with Crippen LogP contribution >= 0.6 is 11.3 Å². The van der Waals surface area contributed by atoms with Crippen molar-refractivity contribution in [1.29, 1.82) is 0 Å². The van der Waals surface area contributed by atoms with Crippen molar-refractivity contribution >= 4 is 23.0 Å². The van der Waals surface area contributed by atoms with Gasteiger partial charge in [-0.1, -0.05) is 6.92 Å². The zero-order valence-corrected chi connectivity index (χ0v) is 12.5. The van der Waals surface area contributed by atoms with Crippen molar-refractivity contribution in [2.24, 2.45) is 0 Å². The van der Waals surface area contributed by atoms with E-state index in [9.17, 15) is 0 Å². The summed E-state index contributed by atoms with van der Waals surface area (Å²) >= 11 is 1.77. The van der Waals surface area contributed by atoms with Crippen molar-refractivity contribution in [3.8, 4) is 0 Å². The fourth-order valence-corrected chi connectivity index (χ4v) is 2.60. The van der Waals surface area contributed by atoms with Crippen LogP contribution < -0.4 is 10.6 Å². The second-order valence-corrected chi connectivity index (χ2v) is 5.49. The largest absolute Gasteiger partial charge is 0.370 e. The van der Waals surface area contributed by atoms with Crippen LogP contribution in [0.4, 0.5) is 11.6 Å². The Morgan fingerprint density at radius 2 is 1.89 bits per heavy atom. The number of aryl methyl sites for hydroxylation is 2. The van der Waals surface area contributed by atoms with Gasteiger partial charge in [-0.05, 0) is 37.3 Å². The zero-order valence-electron chi connectivity index (χ0n) is 11.7. The molecule has 0 bridgehead atoms. The number of aromatic nitrogens is 2. The maximum Gasteiger partial charge on any atom is 0.132 e. The zero-order chi connectivity index (χ0) is 13.7. The number of hydrogen-bond donors (Lipinski definition) is 2. The molecule has 0 aliphatic carbocycles. The van der Waals surface area contributed by atoms with Crippen LogP contribution in [0.5, 0.6) is 0 Å². The molecule has 2 aromatic heterocycles. The summed E-state index contributed by atoms with van der Waals surface area (Å²) in [5, 5.41) is 8.77. The van der Waals surface area contributed by atoms with Crippen LogP contribution in [0.25, 0.3) is 0 Å². The first kappa shape index (κ1) is 13.8. The van der Waals surface area contributed by atoms with Gasteiger partial charge >= 0.3 is 0 Å². The van der Waals surface area contributed by atoms with Crippen LogP contribution in [0.2, 0.25) is 0 Å². The molecule has 2 aromatic rings. The minimum Gasteiger partial charge on any atom is -0.370 e. The fourth-order valence-electron chi connectivity index (χ4n) is 1.76. The molecule has 0 saturated heterocycles. The van der Waals surface area contributed by atoms with Gasteiger partial charge in [-0.2, -0.15) is 0 Å². The highest BCUT2D eigenvalue weighted by Crippen LogP contribution is 2.18. The molecule has 2 rings (SSSR count). The van der Waals surface area contributed by atoms with Gasteiger partial charge in [0.25, 0.3) is 0 Å². The molecule has 2 N–H and O–H groups in total. The first-order chi connectivity index (χ1) is 9.19. The van der Waals surface area contributed by atoms with Gasteiger partial charge in [-0.25, -0.2) is 9.97 Å². The summed E-state index contributed by atoms with van der Waals surface area (Å²) in [4.78, 5) is 10.1. The van der Waals surface area contributed by atoms with E-state index in [0.717, 1.165) is 37.0 Å². The molecule has 0 saturated carbocycles. The molecular weight excluding hydrogens is 256 g/mol. The molecule has 0 amide bonds. The minimum absolute atomic E-state index is 0.784. The summed E-state index contributed by atoms with van der Waals surface area (Å²) in [6.45, 7) is 7.93. The Kier molecular flexibility index (Phi) is 4.74. The second kappa shape index (κ2) is 6.52. The number of thiophene rings is 1. The number of nitrogens with zero attached hydrogens (tertiary/aromatic N) is 2. The smallest absolute Gasteiger partial charge is 0.132 e. The molecule has 0 spiro atoms. The summed E-state index contributed by atoms with van der Waals surface area (Å²) in [6.07, 6.45) is 1.08. The van der Waals surface area contributed by atoms with Gasteiger partial charge in [0.2, 0.25) is 0 Å². The molecule has 0 aliphatic rings. The summed E-state index contributed by atoms with van der Waals surface area (Å²) in [5.41, 5.74) is 1.33. The van der Waals surface area contributed by atoms with Crippen molar-refractivity contribution in [2.75, 3.05) is 17.2 Å². The minimum atomic E-state index is 0.784. The van der Waals surface area contributed by atoms with Crippen molar-refractivity contribution in [3.05, 3.63) is 33.8 Å². The maximum atomic E-state index is 4.41. The van der Waals surface area contributed by atoms with Crippen molar-refractivity contribution in [2.45, 2.75) is 33.7 Å². The normalized spacial score (nSPS) is 10.5. The van der Waals surface area contributed by atoms with Crippen molar-refractivity contribution in [3.63, 3.8) is 0 Å². The third-order valence-electron chi connectivity index (χ3n) is 2.79. The van der Waals surface area contributed by atoms with Crippen LogP contribution in [0.1, 0.15) is 29.6 Å². The number of nitrogens with one attached hydrogen (secondary N) is 2. The summed E-state index contributed by atoms with van der Waals surface area (Å²) < 4.78 is 0. The summed E-state index contributed by atoms with van der Waals surface area (Å²) in [7, 11) is 0. The highest BCUT2D eigenvalue weighted by atomic mass is 32.1. The predicted molar refractivity (Wildman–Crippen MR) is 81.9 cm³/mol. The second-order valence-electron chi connectivity index (χ2n) is 4.49. The standard InChI is InChI=1S/C14H20N4S/c1-4-6-15-13-8-14(18-11(3)17-13)16-9-12-10(2)5-7-19-12/h5,7-8H,4,6,9H2,1-3H3,(H2,15,16,17,18). The molecule has 102 valence electrons. The molecule has 19 heavy (non-hydrogen) atoms. The number of anilines is 2. The highest BCUT2D eigenvalue weighted by Gasteiger charge is 2.03. The molecule has 5 heteroatoms. The molecule has 0 aliphatic heterocycles. The number of rotatable bonds is 6. The third kappa shape index (κ3) is 3.92. The lowest BCUT2D eigenvalue weighted by Crippen LogP contribution is -2.07. The average molecular weight is 276 g/mol. The topological polar surface area (TPSA) is 49.8 Å². The van der Waals surface area contributed by atoms with Crippen LogP contribution in [0.3, 0.4) is 0 Å². The van der Waals surface area contributed by atoms with Gasteiger partial charge in [-0.15, -0.1) is 11.3 Å². The van der Waals surface area contributed by atoms with E-state index in [1.165, 1.54) is 10.4 Å². The fraction of sp³-hybridized carbons (Fsp3) is 0.429. The van der Waals surface area contributed by atoms with E-state index in [-0.39, 0.29) is 0 Å². The molecule has 0 fully saturated rings. The van der Waals surface area contributed by atoms with Crippen molar-refractivity contribution < 1.29 is 0 Å². The molecule has 4 nitrogen and oxygen atoms in total. The Balaban J connectivity index is 2.03. The Morgan fingerprint density at radius 3 is 2.53 bits per heavy atom. The Bertz CT molecular complexity index is 536. The van der Waals surface area contributed by atoms with E-state index in [1.807, 2.05) is 13.0 Å². The van der Waals surface area contributed by atoms with Gasteiger partial charge in [0.15, 0.2) is 0 Å². The van der Waals surface area contributed by atoms with Crippen LogP contribution in [-0.4, -0.2) is 16.5 Å². The van der Waals surface area contributed by atoms with Gasteiger partial charge in [0, 0.05) is 17.5 Å². The lowest BCUT2D eigenvalue weighted by atomic mass is 10.3. The summed E-state index contributed by atoms with van der Waals surface area (Å²) in [5.74, 6) is 2.55. The molecule has 0 aromatic carbocycles. The SMILES string of the molecule is CCCNc1cc(NCc2sccc2C)nc(C)n1. The van der Waals surface area contributed by atoms with Crippen molar-refractivity contribution in [1.82, 2.24) is 9.97 Å². The quantitative estimate of drug-likeness (QED) is 0.846. The first-order valence-electron chi connectivity index (χ1n) is 6.55. The Labute approximate surface area is 118 Å². The molecule has 0 atom stereocenters. The van der Waals surface area contributed by atoms with E-state index in [4.69, 9.17) is 0 Å². The predicted octanol–water partition coefficient (Wildman–Crippen LogP) is 3.59. The number of hydrogen-bond acceptors (Lipinski definition) is 5. The Morgan fingerprint density at radius 1 is 1.16 bits per heavy atom. The lowest BCUT2D eigenvalue weighted by molar-refractivity contribution is 0.951. The molecule has 0 unspecified atom stereocenters.